The molecule has 0 spiro atoms. The van der Waals surface area contributed by atoms with Crippen LogP contribution in [0, 0.1) is 11.7 Å². The molecule has 0 bridgehead atoms. The molecule has 0 radical (unpaired) electrons. The third-order valence-electron chi connectivity index (χ3n) is 5.94. The molecule has 0 aliphatic rings. The van der Waals surface area contributed by atoms with Crippen LogP contribution in [-0.4, -0.2) is 68.3 Å². The average molecular weight is 592 g/mol. The van der Waals surface area contributed by atoms with Gasteiger partial charge in [0.2, 0.25) is 6.29 Å². The zero-order valence-corrected chi connectivity index (χ0v) is 23.3. The first-order chi connectivity index (χ1) is 19.4. The maximum atomic E-state index is 14.3. The minimum atomic E-state index is -1.47. The molecule has 0 saturated carbocycles. The van der Waals surface area contributed by atoms with Gasteiger partial charge in [-0.05, 0) is 49.1 Å². The van der Waals surface area contributed by atoms with Crippen LogP contribution in [0.15, 0.2) is 48.7 Å². The number of amides is 2. The molecule has 220 valence electrons. The van der Waals surface area contributed by atoms with Gasteiger partial charge in [-0.1, -0.05) is 49.7 Å². The van der Waals surface area contributed by atoms with Crippen LogP contribution in [0.2, 0.25) is 5.02 Å². The first kappa shape index (κ1) is 31.5. The highest BCUT2D eigenvalue weighted by atomic mass is 35.5. The van der Waals surface area contributed by atoms with Crippen LogP contribution in [0.3, 0.4) is 0 Å². The standard InChI is InChI=1S/C27H31ClFN5O7/c1-14(2)26(38)40-15(3)41-27(39)32-22(25(36)37)12-19(31-24(35)23-13-30-34-33-23)10-16-4-6-17(7-5-16)20-11-18(28)8-9-21(20)29/h4-9,11,13-15,19,22,26,38H,10,12H2,1-3H3,(H,31,35)(H,32,39)(H,36,37)(H,30,33,34). The molecule has 3 rings (SSSR count). The van der Waals surface area contributed by atoms with Gasteiger partial charge in [0, 0.05) is 22.5 Å². The summed E-state index contributed by atoms with van der Waals surface area (Å²) in [5.74, 6) is -2.69. The van der Waals surface area contributed by atoms with Crippen molar-refractivity contribution in [3.05, 3.63) is 70.8 Å². The number of hydrogen-bond donors (Lipinski definition) is 5. The van der Waals surface area contributed by atoms with Crippen LogP contribution in [-0.2, 0) is 20.7 Å². The molecule has 2 aromatic carbocycles. The average Bonchev–Trinajstić information content (AvgIpc) is 3.45. The fourth-order valence-corrected chi connectivity index (χ4v) is 3.97. The van der Waals surface area contributed by atoms with E-state index in [9.17, 15) is 29.0 Å². The highest BCUT2D eigenvalue weighted by molar-refractivity contribution is 6.30. The summed E-state index contributed by atoms with van der Waals surface area (Å²) in [5, 5.41) is 34.6. The van der Waals surface area contributed by atoms with Crippen molar-refractivity contribution in [2.75, 3.05) is 0 Å². The lowest BCUT2D eigenvalue weighted by molar-refractivity contribution is -0.215. The van der Waals surface area contributed by atoms with Gasteiger partial charge in [-0.25, -0.2) is 14.0 Å². The number of aromatic amines is 1. The number of H-pyrrole nitrogens is 1. The monoisotopic (exact) mass is 591 g/mol. The third-order valence-corrected chi connectivity index (χ3v) is 6.18. The fourth-order valence-electron chi connectivity index (χ4n) is 3.80. The lowest BCUT2D eigenvalue weighted by atomic mass is 9.97. The number of aliphatic hydroxyl groups is 1. The predicted molar refractivity (Wildman–Crippen MR) is 145 cm³/mol. The van der Waals surface area contributed by atoms with Crippen molar-refractivity contribution < 1.29 is 38.5 Å². The first-order valence-electron chi connectivity index (χ1n) is 12.7. The van der Waals surface area contributed by atoms with Gasteiger partial charge in [0.25, 0.3) is 5.91 Å². The first-order valence-corrected chi connectivity index (χ1v) is 13.0. The molecule has 0 aliphatic carbocycles. The molecule has 41 heavy (non-hydrogen) atoms. The number of ether oxygens (including phenoxy) is 2. The fraction of sp³-hybridized carbons (Fsp3) is 0.370. The molecule has 5 N–H and O–H groups in total. The summed E-state index contributed by atoms with van der Waals surface area (Å²) in [6.45, 7) is 4.78. The molecule has 0 fully saturated rings. The van der Waals surface area contributed by atoms with E-state index in [1.165, 1.54) is 31.3 Å². The van der Waals surface area contributed by atoms with E-state index >= 15 is 0 Å². The largest absolute Gasteiger partial charge is 0.480 e. The Labute approximate surface area is 240 Å². The summed E-state index contributed by atoms with van der Waals surface area (Å²) in [6.07, 6.45) is -2.31. The summed E-state index contributed by atoms with van der Waals surface area (Å²) in [7, 11) is 0. The summed E-state index contributed by atoms with van der Waals surface area (Å²) < 4.78 is 24.5. The van der Waals surface area contributed by atoms with Crippen LogP contribution in [0.5, 0.6) is 0 Å². The van der Waals surface area contributed by atoms with E-state index in [0.29, 0.717) is 21.7 Å². The molecule has 4 unspecified atom stereocenters. The SMILES string of the molecule is CC(OC(=O)NC(CC(Cc1ccc(-c2cc(Cl)ccc2F)cc1)NC(=O)c1cn[nH]n1)C(=O)O)OC(O)C(C)C. The number of aliphatic hydroxyl groups excluding tert-OH is 1. The molecule has 0 aliphatic heterocycles. The number of aromatic nitrogens is 3. The highest BCUT2D eigenvalue weighted by Gasteiger charge is 2.28. The number of halogens is 2. The number of rotatable bonds is 13. The third kappa shape index (κ3) is 9.52. The van der Waals surface area contributed by atoms with Gasteiger partial charge in [-0.3, -0.25) is 4.79 Å². The van der Waals surface area contributed by atoms with E-state index in [1.54, 1.807) is 38.1 Å². The number of aliphatic carboxylic acids is 1. The second kappa shape index (κ2) is 14.5. The summed E-state index contributed by atoms with van der Waals surface area (Å²) >= 11 is 6.01. The molecule has 3 aromatic rings. The van der Waals surface area contributed by atoms with E-state index in [4.69, 9.17) is 21.1 Å². The van der Waals surface area contributed by atoms with Gasteiger partial charge in [-0.2, -0.15) is 15.4 Å². The Morgan fingerprint density at radius 3 is 2.41 bits per heavy atom. The second-order valence-electron chi connectivity index (χ2n) is 9.57. The Bertz CT molecular complexity index is 1320. The topological polar surface area (TPSA) is 176 Å². The van der Waals surface area contributed by atoms with Crippen LogP contribution < -0.4 is 10.6 Å². The molecule has 0 saturated heterocycles. The maximum absolute atomic E-state index is 14.3. The van der Waals surface area contributed by atoms with E-state index in [1.807, 2.05) is 0 Å². The van der Waals surface area contributed by atoms with Gasteiger partial charge in [0.1, 0.15) is 11.9 Å². The summed E-state index contributed by atoms with van der Waals surface area (Å²) in [5.41, 5.74) is 1.56. The van der Waals surface area contributed by atoms with Crippen molar-refractivity contribution in [2.24, 2.45) is 5.92 Å². The second-order valence-corrected chi connectivity index (χ2v) is 10.0. The van der Waals surface area contributed by atoms with Gasteiger partial charge in [0.15, 0.2) is 12.0 Å². The zero-order chi connectivity index (χ0) is 30.1. The van der Waals surface area contributed by atoms with Gasteiger partial charge in [0.05, 0.1) is 6.20 Å². The minimum Gasteiger partial charge on any atom is -0.480 e. The number of benzene rings is 2. The minimum absolute atomic E-state index is 0.0179. The van der Waals surface area contributed by atoms with Crippen LogP contribution >= 0.6 is 11.6 Å². The molecule has 12 nitrogen and oxygen atoms in total. The molecule has 14 heteroatoms. The number of hydrogen-bond acceptors (Lipinski definition) is 8. The highest BCUT2D eigenvalue weighted by Crippen LogP contribution is 2.26. The Balaban J connectivity index is 1.74. The molecular weight excluding hydrogens is 561 g/mol. The zero-order valence-electron chi connectivity index (χ0n) is 22.5. The van der Waals surface area contributed by atoms with Gasteiger partial charge in [-0.15, -0.1) is 0 Å². The quantitative estimate of drug-likeness (QED) is 0.186. The number of carboxylic acid groups (broad SMARTS) is 1. The van der Waals surface area contributed by atoms with Crippen molar-refractivity contribution in [3.8, 4) is 11.1 Å². The number of carboxylic acids is 1. The van der Waals surface area contributed by atoms with Crippen LogP contribution in [0.1, 0.15) is 43.2 Å². The smallest absolute Gasteiger partial charge is 0.410 e. The summed E-state index contributed by atoms with van der Waals surface area (Å²) in [4.78, 5) is 37.1. The number of nitrogens with one attached hydrogen (secondary N) is 3. The predicted octanol–water partition coefficient (Wildman–Crippen LogP) is 3.51. The number of carbonyl (C=O) groups is 3. The molecule has 2 amide bonds. The van der Waals surface area contributed by atoms with Gasteiger partial charge < -0.3 is 30.3 Å². The Morgan fingerprint density at radius 2 is 1.80 bits per heavy atom. The van der Waals surface area contributed by atoms with Crippen LogP contribution in [0.4, 0.5) is 9.18 Å². The Kier molecular flexibility index (Phi) is 11.1. The van der Waals surface area contributed by atoms with Crippen molar-refractivity contribution in [1.29, 1.82) is 0 Å². The lowest BCUT2D eigenvalue weighted by Gasteiger charge is -2.24. The number of carbonyl (C=O) groups excluding carboxylic acids is 2. The summed E-state index contributed by atoms with van der Waals surface area (Å²) in [6, 6.07) is 8.73. The molecule has 1 aromatic heterocycles. The van der Waals surface area contributed by atoms with Crippen molar-refractivity contribution >= 4 is 29.6 Å². The van der Waals surface area contributed by atoms with Crippen LogP contribution in [0.25, 0.3) is 11.1 Å². The normalized spacial score (nSPS) is 14.1. The molecular formula is C27H31ClFN5O7. The Morgan fingerprint density at radius 1 is 1.10 bits per heavy atom. The lowest BCUT2D eigenvalue weighted by Crippen LogP contribution is -2.48. The van der Waals surface area contributed by atoms with Crippen molar-refractivity contribution in [3.63, 3.8) is 0 Å². The number of alkyl carbamates (subject to hydrolysis) is 1. The van der Waals surface area contributed by atoms with E-state index in [0.717, 1.165) is 0 Å². The molecule has 1 heterocycles. The van der Waals surface area contributed by atoms with Crippen molar-refractivity contribution in [1.82, 2.24) is 26.0 Å². The van der Waals surface area contributed by atoms with Gasteiger partial charge >= 0.3 is 12.1 Å². The van der Waals surface area contributed by atoms with E-state index in [2.05, 4.69) is 26.0 Å². The molecule has 4 atom stereocenters. The van der Waals surface area contributed by atoms with E-state index < -0.39 is 48.5 Å². The van der Waals surface area contributed by atoms with E-state index in [-0.39, 0.29) is 24.5 Å². The Hall–Kier alpha value is -4.07. The maximum Gasteiger partial charge on any atom is 0.410 e. The number of nitrogens with zero attached hydrogens (tertiary/aromatic N) is 2. The van der Waals surface area contributed by atoms with Crippen molar-refractivity contribution in [2.45, 2.75) is 58.3 Å².